The second-order valence-electron chi connectivity index (χ2n) is 5.18. The van der Waals surface area contributed by atoms with Crippen LogP contribution in [0.4, 0.5) is 17.1 Å². The Morgan fingerprint density at radius 1 is 1.00 bits per heavy atom. The van der Waals surface area contributed by atoms with Gasteiger partial charge in [0.05, 0.1) is 11.6 Å². The van der Waals surface area contributed by atoms with E-state index in [1.165, 1.54) is 6.92 Å². The molecule has 0 saturated carbocycles. The Hall–Kier alpha value is -3.33. The summed E-state index contributed by atoms with van der Waals surface area (Å²) in [6.45, 7) is 1.90. The van der Waals surface area contributed by atoms with Crippen molar-refractivity contribution in [3.63, 3.8) is 0 Å². The van der Waals surface area contributed by atoms with E-state index in [2.05, 4.69) is 16.0 Å². The molecule has 0 aromatic heterocycles. The van der Waals surface area contributed by atoms with Crippen molar-refractivity contribution in [1.29, 1.82) is 5.26 Å². The van der Waals surface area contributed by atoms with Crippen LogP contribution in [0.3, 0.4) is 0 Å². The summed E-state index contributed by atoms with van der Waals surface area (Å²) < 4.78 is 0. The van der Waals surface area contributed by atoms with E-state index in [0.717, 1.165) is 5.69 Å². The Balaban J connectivity index is 1.82. The third-order valence-corrected chi connectivity index (χ3v) is 3.14. The van der Waals surface area contributed by atoms with Gasteiger partial charge in [0.2, 0.25) is 11.8 Å². The fourth-order valence-corrected chi connectivity index (χ4v) is 2.12. The van der Waals surface area contributed by atoms with Crippen LogP contribution in [0.1, 0.15) is 18.9 Å². The molecule has 2 rings (SSSR count). The Morgan fingerprint density at radius 3 is 2.38 bits per heavy atom. The predicted molar refractivity (Wildman–Crippen MR) is 93.6 cm³/mol. The van der Waals surface area contributed by atoms with Gasteiger partial charge in [-0.15, -0.1) is 0 Å². The van der Waals surface area contributed by atoms with Crippen LogP contribution in [-0.2, 0) is 9.59 Å². The van der Waals surface area contributed by atoms with Crippen molar-refractivity contribution in [2.75, 3.05) is 22.5 Å². The quantitative estimate of drug-likeness (QED) is 0.762. The van der Waals surface area contributed by atoms with Crippen molar-refractivity contribution in [1.82, 2.24) is 0 Å². The minimum Gasteiger partial charge on any atom is -0.384 e. The first-order valence-electron chi connectivity index (χ1n) is 7.48. The van der Waals surface area contributed by atoms with Crippen LogP contribution >= 0.6 is 0 Å². The molecule has 0 saturated heterocycles. The number of nitriles is 1. The topological polar surface area (TPSA) is 94.0 Å². The van der Waals surface area contributed by atoms with Gasteiger partial charge in [0.25, 0.3) is 0 Å². The lowest BCUT2D eigenvalue weighted by atomic mass is 10.2. The maximum Gasteiger partial charge on any atom is 0.226 e. The lowest BCUT2D eigenvalue weighted by Crippen LogP contribution is -2.16. The SMILES string of the molecule is CC(=O)Nc1cccc(NCCC(=O)Nc2cccc(C#N)c2)c1. The zero-order valence-corrected chi connectivity index (χ0v) is 13.3. The number of anilines is 3. The Kier molecular flexibility index (Phi) is 5.92. The standard InChI is InChI=1S/C18H18N4O2/c1-13(23)21-17-7-3-5-15(11-17)20-9-8-18(24)22-16-6-2-4-14(10-16)12-19/h2-7,10-11,20H,8-9H2,1H3,(H,21,23)(H,22,24). The summed E-state index contributed by atoms with van der Waals surface area (Å²) >= 11 is 0. The third-order valence-electron chi connectivity index (χ3n) is 3.14. The summed E-state index contributed by atoms with van der Waals surface area (Å²) in [7, 11) is 0. The Labute approximate surface area is 140 Å². The van der Waals surface area contributed by atoms with Crippen LogP contribution in [0, 0.1) is 11.3 Å². The minimum atomic E-state index is -0.143. The van der Waals surface area contributed by atoms with E-state index >= 15 is 0 Å². The van der Waals surface area contributed by atoms with E-state index in [1.807, 2.05) is 18.2 Å². The second kappa shape index (κ2) is 8.34. The van der Waals surface area contributed by atoms with Crippen molar-refractivity contribution in [2.45, 2.75) is 13.3 Å². The van der Waals surface area contributed by atoms with E-state index in [-0.39, 0.29) is 18.2 Å². The van der Waals surface area contributed by atoms with Gasteiger partial charge in [-0.05, 0) is 36.4 Å². The Morgan fingerprint density at radius 2 is 1.67 bits per heavy atom. The summed E-state index contributed by atoms with van der Waals surface area (Å²) in [5.74, 6) is -0.276. The monoisotopic (exact) mass is 322 g/mol. The van der Waals surface area contributed by atoms with Crippen LogP contribution in [0.5, 0.6) is 0 Å². The minimum absolute atomic E-state index is 0.133. The lowest BCUT2D eigenvalue weighted by Gasteiger charge is -2.09. The smallest absolute Gasteiger partial charge is 0.226 e. The fourth-order valence-electron chi connectivity index (χ4n) is 2.12. The highest BCUT2D eigenvalue weighted by Crippen LogP contribution is 2.15. The number of carbonyl (C=O) groups is 2. The number of rotatable bonds is 6. The molecular formula is C18H18N4O2. The van der Waals surface area contributed by atoms with Gasteiger partial charge < -0.3 is 16.0 Å². The molecule has 0 heterocycles. The zero-order chi connectivity index (χ0) is 17.4. The average molecular weight is 322 g/mol. The summed E-state index contributed by atoms with van der Waals surface area (Å²) in [4.78, 5) is 23.0. The van der Waals surface area contributed by atoms with Gasteiger partial charge in [-0.3, -0.25) is 9.59 Å². The van der Waals surface area contributed by atoms with Crippen molar-refractivity contribution >= 4 is 28.9 Å². The molecule has 0 fully saturated rings. The number of benzene rings is 2. The molecule has 122 valence electrons. The molecule has 3 N–H and O–H groups in total. The van der Waals surface area contributed by atoms with E-state index in [4.69, 9.17) is 5.26 Å². The number of hydrogen-bond donors (Lipinski definition) is 3. The van der Waals surface area contributed by atoms with Gasteiger partial charge >= 0.3 is 0 Å². The van der Waals surface area contributed by atoms with E-state index in [1.54, 1.807) is 36.4 Å². The molecule has 2 amide bonds. The van der Waals surface area contributed by atoms with Crippen molar-refractivity contribution in [2.24, 2.45) is 0 Å². The molecule has 0 unspecified atom stereocenters. The highest BCUT2D eigenvalue weighted by atomic mass is 16.2. The van der Waals surface area contributed by atoms with Crippen LogP contribution < -0.4 is 16.0 Å². The fraction of sp³-hybridized carbons (Fsp3) is 0.167. The molecule has 24 heavy (non-hydrogen) atoms. The maximum absolute atomic E-state index is 11.9. The van der Waals surface area contributed by atoms with E-state index < -0.39 is 0 Å². The molecule has 0 spiro atoms. The molecule has 0 bridgehead atoms. The summed E-state index contributed by atoms with van der Waals surface area (Å²) in [6, 6.07) is 16.1. The van der Waals surface area contributed by atoms with Crippen LogP contribution in [0.25, 0.3) is 0 Å². The van der Waals surface area contributed by atoms with Crippen molar-refractivity contribution in [3.8, 4) is 6.07 Å². The van der Waals surface area contributed by atoms with E-state index in [0.29, 0.717) is 23.5 Å². The molecule has 6 heteroatoms. The normalized spacial score (nSPS) is 9.67. The molecule has 6 nitrogen and oxygen atoms in total. The highest BCUT2D eigenvalue weighted by Gasteiger charge is 2.03. The van der Waals surface area contributed by atoms with Gasteiger partial charge in [0.1, 0.15) is 0 Å². The molecule has 2 aromatic rings. The number of amides is 2. The van der Waals surface area contributed by atoms with Gasteiger partial charge in [-0.25, -0.2) is 0 Å². The molecule has 2 aromatic carbocycles. The average Bonchev–Trinajstić information content (AvgIpc) is 2.55. The van der Waals surface area contributed by atoms with Gasteiger partial charge in [0, 0.05) is 37.0 Å². The summed E-state index contributed by atoms with van der Waals surface area (Å²) in [5, 5.41) is 17.4. The van der Waals surface area contributed by atoms with Gasteiger partial charge in [-0.1, -0.05) is 12.1 Å². The summed E-state index contributed by atoms with van der Waals surface area (Å²) in [5.41, 5.74) is 2.62. The predicted octanol–water partition coefficient (Wildman–Crippen LogP) is 2.96. The first kappa shape index (κ1) is 17.0. The summed E-state index contributed by atoms with van der Waals surface area (Å²) in [6.07, 6.45) is 0.279. The number of nitrogens with one attached hydrogen (secondary N) is 3. The number of hydrogen-bond acceptors (Lipinski definition) is 4. The van der Waals surface area contributed by atoms with Crippen molar-refractivity contribution < 1.29 is 9.59 Å². The second-order valence-corrected chi connectivity index (χ2v) is 5.18. The maximum atomic E-state index is 11.9. The first-order chi connectivity index (χ1) is 11.6. The molecule has 0 aliphatic rings. The molecule has 0 aliphatic heterocycles. The number of nitrogens with zero attached hydrogens (tertiary/aromatic N) is 1. The Bertz CT molecular complexity index is 781. The van der Waals surface area contributed by atoms with Gasteiger partial charge in [0.15, 0.2) is 0 Å². The third kappa shape index (κ3) is 5.46. The van der Waals surface area contributed by atoms with Crippen LogP contribution in [-0.4, -0.2) is 18.4 Å². The first-order valence-corrected chi connectivity index (χ1v) is 7.48. The van der Waals surface area contributed by atoms with Crippen LogP contribution in [0.2, 0.25) is 0 Å². The molecule has 0 aliphatic carbocycles. The van der Waals surface area contributed by atoms with Crippen molar-refractivity contribution in [3.05, 3.63) is 54.1 Å². The number of carbonyl (C=O) groups excluding carboxylic acids is 2. The van der Waals surface area contributed by atoms with E-state index in [9.17, 15) is 9.59 Å². The van der Waals surface area contributed by atoms with Crippen LogP contribution in [0.15, 0.2) is 48.5 Å². The largest absolute Gasteiger partial charge is 0.384 e. The lowest BCUT2D eigenvalue weighted by molar-refractivity contribution is -0.116. The molecular weight excluding hydrogens is 304 g/mol. The van der Waals surface area contributed by atoms with Gasteiger partial charge in [-0.2, -0.15) is 5.26 Å². The zero-order valence-electron chi connectivity index (χ0n) is 13.3. The highest BCUT2D eigenvalue weighted by molar-refractivity contribution is 5.91. The molecule has 0 atom stereocenters. The molecule has 0 radical (unpaired) electrons.